The third kappa shape index (κ3) is 4.84. The van der Waals surface area contributed by atoms with Crippen LogP contribution in [0.5, 0.6) is 17.2 Å². The molecule has 1 amide bonds. The first kappa shape index (κ1) is 20.6. The second kappa shape index (κ2) is 9.39. The smallest absolute Gasteiger partial charge is 0.226 e. The average Bonchev–Trinajstić information content (AvgIpc) is 3.27. The lowest BCUT2D eigenvalue weighted by Crippen LogP contribution is -2.20. The molecule has 0 unspecified atom stereocenters. The lowest BCUT2D eigenvalue weighted by molar-refractivity contribution is -0.116. The van der Waals surface area contributed by atoms with Crippen LogP contribution in [0.2, 0.25) is 5.02 Å². The zero-order valence-electron chi connectivity index (χ0n) is 16.5. The molecule has 0 fully saturated rings. The van der Waals surface area contributed by atoms with Crippen LogP contribution in [0.3, 0.4) is 0 Å². The van der Waals surface area contributed by atoms with Gasteiger partial charge in [0.1, 0.15) is 17.2 Å². The first-order valence-electron chi connectivity index (χ1n) is 9.03. The van der Waals surface area contributed by atoms with Crippen molar-refractivity contribution < 1.29 is 19.0 Å². The SMILES string of the molecule is COc1ccc([C@H](CC(=O)Nc2cc(Cl)c(OC)cc2OC)n2cccc2)cc1. The van der Waals surface area contributed by atoms with Gasteiger partial charge in [-0.2, -0.15) is 0 Å². The highest BCUT2D eigenvalue weighted by Crippen LogP contribution is 2.36. The number of nitrogens with one attached hydrogen (secondary N) is 1. The molecule has 2 aromatic carbocycles. The van der Waals surface area contributed by atoms with Gasteiger partial charge >= 0.3 is 0 Å². The maximum absolute atomic E-state index is 12.9. The zero-order chi connectivity index (χ0) is 20.8. The number of hydrogen-bond donors (Lipinski definition) is 1. The summed E-state index contributed by atoms with van der Waals surface area (Å²) in [6, 6.07) is 14.6. The van der Waals surface area contributed by atoms with E-state index in [2.05, 4.69) is 5.32 Å². The number of anilines is 1. The minimum absolute atomic E-state index is 0.168. The maximum atomic E-state index is 12.9. The monoisotopic (exact) mass is 414 g/mol. The molecule has 3 rings (SSSR count). The van der Waals surface area contributed by atoms with Crippen LogP contribution >= 0.6 is 11.6 Å². The molecule has 1 atom stereocenters. The number of benzene rings is 2. The van der Waals surface area contributed by atoms with Gasteiger partial charge in [-0.25, -0.2) is 0 Å². The molecular weight excluding hydrogens is 392 g/mol. The van der Waals surface area contributed by atoms with Gasteiger partial charge < -0.3 is 24.1 Å². The lowest BCUT2D eigenvalue weighted by Gasteiger charge is -2.20. The quantitative estimate of drug-likeness (QED) is 0.576. The summed E-state index contributed by atoms with van der Waals surface area (Å²) in [7, 11) is 4.67. The second-order valence-corrected chi connectivity index (χ2v) is 6.77. The number of rotatable bonds is 8. The zero-order valence-corrected chi connectivity index (χ0v) is 17.3. The number of ether oxygens (including phenoxy) is 3. The van der Waals surface area contributed by atoms with Crippen molar-refractivity contribution in [3.63, 3.8) is 0 Å². The molecule has 0 aliphatic rings. The Morgan fingerprint density at radius 2 is 1.66 bits per heavy atom. The van der Waals surface area contributed by atoms with Gasteiger partial charge in [0.25, 0.3) is 0 Å². The number of hydrogen-bond acceptors (Lipinski definition) is 4. The van der Waals surface area contributed by atoms with Crippen molar-refractivity contribution >= 4 is 23.2 Å². The highest BCUT2D eigenvalue weighted by Gasteiger charge is 2.19. The van der Waals surface area contributed by atoms with Crippen molar-refractivity contribution in [3.8, 4) is 17.2 Å². The van der Waals surface area contributed by atoms with E-state index < -0.39 is 0 Å². The van der Waals surface area contributed by atoms with Crippen molar-refractivity contribution in [2.45, 2.75) is 12.5 Å². The van der Waals surface area contributed by atoms with Gasteiger partial charge in [-0.1, -0.05) is 23.7 Å². The number of amides is 1. The summed E-state index contributed by atoms with van der Waals surface area (Å²) < 4.78 is 17.8. The van der Waals surface area contributed by atoms with E-state index in [1.807, 2.05) is 53.4 Å². The molecule has 0 aliphatic heterocycles. The number of halogens is 1. The van der Waals surface area contributed by atoms with Crippen LogP contribution in [0.4, 0.5) is 5.69 Å². The Morgan fingerprint density at radius 3 is 2.24 bits per heavy atom. The molecule has 3 aromatic rings. The molecule has 1 heterocycles. The van der Waals surface area contributed by atoms with Gasteiger partial charge in [-0.05, 0) is 35.9 Å². The molecule has 152 valence electrons. The van der Waals surface area contributed by atoms with Gasteiger partial charge in [0.2, 0.25) is 5.91 Å². The predicted octanol–water partition coefficient (Wildman–Crippen LogP) is 4.79. The van der Waals surface area contributed by atoms with E-state index in [0.717, 1.165) is 11.3 Å². The Labute approximate surface area is 175 Å². The highest BCUT2D eigenvalue weighted by molar-refractivity contribution is 6.32. The summed E-state index contributed by atoms with van der Waals surface area (Å²) in [5.74, 6) is 1.55. The Hall–Kier alpha value is -3.12. The molecule has 0 saturated carbocycles. The molecule has 6 nitrogen and oxygen atoms in total. The van der Waals surface area contributed by atoms with Crippen molar-refractivity contribution in [3.05, 3.63) is 71.5 Å². The van der Waals surface area contributed by atoms with E-state index in [4.69, 9.17) is 25.8 Å². The van der Waals surface area contributed by atoms with Crippen molar-refractivity contribution in [1.82, 2.24) is 4.57 Å². The fraction of sp³-hybridized carbons (Fsp3) is 0.227. The Bertz CT molecular complexity index is 956. The number of nitrogens with zero attached hydrogens (tertiary/aromatic N) is 1. The predicted molar refractivity (Wildman–Crippen MR) is 113 cm³/mol. The Morgan fingerprint density at radius 1 is 1.00 bits per heavy atom. The number of methoxy groups -OCH3 is 3. The van der Waals surface area contributed by atoms with Gasteiger partial charge in [0.15, 0.2) is 0 Å². The summed E-state index contributed by atoms with van der Waals surface area (Å²) in [6.07, 6.45) is 4.10. The largest absolute Gasteiger partial charge is 0.497 e. The normalized spacial score (nSPS) is 11.6. The molecular formula is C22H23ClN2O4. The third-order valence-corrected chi connectivity index (χ3v) is 4.91. The first-order valence-corrected chi connectivity index (χ1v) is 9.41. The average molecular weight is 415 g/mol. The van der Waals surface area contributed by atoms with Gasteiger partial charge in [0.05, 0.1) is 44.5 Å². The molecule has 1 aromatic heterocycles. The van der Waals surface area contributed by atoms with Crippen LogP contribution < -0.4 is 19.5 Å². The summed E-state index contributed by atoms with van der Waals surface area (Å²) in [4.78, 5) is 12.9. The third-order valence-electron chi connectivity index (χ3n) is 4.61. The maximum Gasteiger partial charge on any atom is 0.226 e. The van der Waals surface area contributed by atoms with E-state index in [1.165, 1.54) is 14.2 Å². The number of carbonyl (C=O) groups excluding carboxylic acids is 1. The second-order valence-electron chi connectivity index (χ2n) is 6.36. The summed E-state index contributed by atoms with van der Waals surface area (Å²) in [6.45, 7) is 0. The number of aromatic nitrogens is 1. The fourth-order valence-corrected chi connectivity index (χ4v) is 3.35. The van der Waals surface area contributed by atoms with E-state index in [9.17, 15) is 4.79 Å². The van der Waals surface area contributed by atoms with Crippen molar-refractivity contribution in [2.24, 2.45) is 0 Å². The van der Waals surface area contributed by atoms with E-state index in [-0.39, 0.29) is 18.4 Å². The van der Waals surface area contributed by atoms with E-state index >= 15 is 0 Å². The minimum atomic E-state index is -0.171. The van der Waals surface area contributed by atoms with Gasteiger partial charge in [-0.3, -0.25) is 4.79 Å². The summed E-state index contributed by atoms with van der Waals surface area (Å²) >= 11 is 6.21. The molecule has 29 heavy (non-hydrogen) atoms. The molecule has 0 aliphatic carbocycles. The van der Waals surface area contributed by atoms with Gasteiger partial charge in [0, 0.05) is 18.5 Å². The number of carbonyl (C=O) groups is 1. The van der Waals surface area contributed by atoms with Crippen molar-refractivity contribution in [1.29, 1.82) is 0 Å². The molecule has 1 N–H and O–H groups in total. The van der Waals surface area contributed by atoms with Crippen LogP contribution in [-0.2, 0) is 4.79 Å². The van der Waals surface area contributed by atoms with Crippen LogP contribution in [0.25, 0.3) is 0 Å². The summed E-state index contributed by atoms with van der Waals surface area (Å²) in [5.41, 5.74) is 1.49. The lowest BCUT2D eigenvalue weighted by atomic mass is 10.0. The van der Waals surface area contributed by atoms with Crippen LogP contribution in [-0.4, -0.2) is 31.8 Å². The Balaban J connectivity index is 1.83. The molecule has 0 saturated heterocycles. The van der Waals surface area contributed by atoms with E-state index in [0.29, 0.717) is 22.2 Å². The van der Waals surface area contributed by atoms with Crippen LogP contribution in [0, 0.1) is 0 Å². The first-order chi connectivity index (χ1) is 14.0. The van der Waals surface area contributed by atoms with Crippen LogP contribution in [0.1, 0.15) is 18.0 Å². The highest BCUT2D eigenvalue weighted by atomic mass is 35.5. The topological polar surface area (TPSA) is 61.7 Å². The molecule has 7 heteroatoms. The van der Waals surface area contributed by atoms with Crippen molar-refractivity contribution in [2.75, 3.05) is 26.6 Å². The molecule has 0 bridgehead atoms. The molecule has 0 radical (unpaired) electrons. The molecule has 0 spiro atoms. The van der Waals surface area contributed by atoms with Crippen LogP contribution in [0.15, 0.2) is 60.9 Å². The Kier molecular flexibility index (Phi) is 6.67. The van der Waals surface area contributed by atoms with Gasteiger partial charge in [-0.15, -0.1) is 0 Å². The standard InChI is InChI=1S/C22H23ClN2O4/c1-27-16-8-6-15(7-9-16)19(25-10-4-5-11-25)13-22(26)24-18-12-17(23)20(28-2)14-21(18)29-3/h4-12,14,19H,13H2,1-3H3,(H,24,26)/t19-/m0/s1. The minimum Gasteiger partial charge on any atom is -0.497 e. The summed E-state index contributed by atoms with van der Waals surface area (Å²) in [5, 5.41) is 3.29. The fourth-order valence-electron chi connectivity index (χ4n) is 3.11. The van der Waals surface area contributed by atoms with E-state index in [1.54, 1.807) is 19.2 Å².